The molecule has 4 heteroatoms. The van der Waals surface area contributed by atoms with E-state index in [4.69, 9.17) is 5.73 Å². The van der Waals surface area contributed by atoms with Gasteiger partial charge in [0.1, 0.15) is 5.82 Å². The van der Waals surface area contributed by atoms with Crippen molar-refractivity contribution in [2.45, 2.75) is 13.5 Å². The number of carbonyl (C=O) groups is 1. The van der Waals surface area contributed by atoms with Crippen molar-refractivity contribution in [2.24, 2.45) is 5.73 Å². The smallest absolute Gasteiger partial charge is 0.301 e. The summed E-state index contributed by atoms with van der Waals surface area (Å²) in [5.74, 6) is 4.97. The maximum Gasteiger partial charge on any atom is 0.301 e. The second-order valence-electron chi connectivity index (χ2n) is 2.54. The summed E-state index contributed by atoms with van der Waals surface area (Å²) in [7, 11) is 0. The lowest BCUT2D eigenvalue weighted by Crippen LogP contribution is -2.13. The minimum absolute atomic E-state index is 0.336. The topological polar surface area (TPSA) is 68.0 Å². The van der Waals surface area contributed by atoms with Crippen molar-refractivity contribution in [3.8, 4) is 11.8 Å². The van der Waals surface area contributed by atoms with Crippen molar-refractivity contribution in [2.75, 3.05) is 5.32 Å². The van der Waals surface area contributed by atoms with E-state index in [9.17, 15) is 4.79 Å². The normalized spacial score (nSPS) is 8.71. The van der Waals surface area contributed by atoms with E-state index in [1.807, 2.05) is 6.07 Å². The summed E-state index contributed by atoms with van der Waals surface area (Å²) >= 11 is 0. The Morgan fingerprint density at radius 2 is 2.50 bits per heavy atom. The van der Waals surface area contributed by atoms with Gasteiger partial charge in [0.05, 0.1) is 0 Å². The highest BCUT2D eigenvalue weighted by molar-refractivity contribution is 6.03. The lowest BCUT2D eigenvalue weighted by Gasteiger charge is -2.04. The first-order valence-corrected chi connectivity index (χ1v) is 4.15. The molecule has 0 aliphatic rings. The van der Waals surface area contributed by atoms with E-state index in [1.165, 1.54) is 0 Å². The fourth-order valence-corrected chi connectivity index (χ4v) is 0.968. The van der Waals surface area contributed by atoms with E-state index >= 15 is 0 Å². The molecule has 0 saturated heterocycles. The number of rotatable bonds is 2. The van der Waals surface area contributed by atoms with E-state index in [1.54, 1.807) is 19.2 Å². The Balaban J connectivity index is 2.83. The van der Waals surface area contributed by atoms with Gasteiger partial charge in [-0.1, -0.05) is 12.0 Å². The van der Waals surface area contributed by atoms with E-state index in [0.717, 1.165) is 5.56 Å². The quantitative estimate of drug-likeness (QED) is 0.666. The fourth-order valence-electron chi connectivity index (χ4n) is 0.968. The van der Waals surface area contributed by atoms with Gasteiger partial charge in [-0.05, 0) is 18.9 Å². The van der Waals surface area contributed by atoms with Crippen LogP contribution in [0.4, 0.5) is 5.82 Å². The van der Waals surface area contributed by atoms with Gasteiger partial charge in [0.25, 0.3) is 0 Å². The highest BCUT2D eigenvalue weighted by Gasteiger charge is 2.03. The van der Waals surface area contributed by atoms with Gasteiger partial charge < -0.3 is 5.73 Å². The number of nitrogens with zero attached hydrogens (tertiary/aromatic N) is 1. The van der Waals surface area contributed by atoms with Crippen molar-refractivity contribution in [1.29, 1.82) is 0 Å². The number of amides is 1. The number of carbonyl (C=O) groups excluding carboxylic acids is 1. The maximum absolute atomic E-state index is 11.1. The molecule has 14 heavy (non-hydrogen) atoms. The molecule has 1 amide bonds. The largest absolute Gasteiger partial charge is 0.326 e. The first kappa shape index (κ1) is 10.2. The molecule has 1 aromatic heterocycles. The van der Waals surface area contributed by atoms with Crippen LogP contribution in [0.25, 0.3) is 0 Å². The molecular weight excluding hydrogens is 178 g/mol. The average Bonchev–Trinajstić information content (AvgIpc) is 2.19. The summed E-state index contributed by atoms with van der Waals surface area (Å²) in [5.41, 5.74) is 6.26. The minimum atomic E-state index is -0.374. The Morgan fingerprint density at radius 3 is 3.14 bits per heavy atom. The van der Waals surface area contributed by atoms with Crippen LogP contribution in [0, 0.1) is 11.8 Å². The molecule has 0 fully saturated rings. The highest BCUT2D eigenvalue weighted by Crippen LogP contribution is 2.09. The van der Waals surface area contributed by atoms with Crippen LogP contribution >= 0.6 is 0 Å². The average molecular weight is 189 g/mol. The Hall–Kier alpha value is -1.86. The summed E-state index contributed by atoms with van der Waals surface area (Å²) < 4.78 is 0. The number of pyridine rings is 1. The number of aromatic nitrogens is 1. The number of nitrogens with two attached hydrogens (primary N) is 1. The molecule has 0 spiro atoms. The van der Waals surface area contributed by atoms with Gasteiger partial charge in [0.15, 0.2) is 0 Å². The molecule has 0 aliphatic heterocycles. The Kier molecular flexibility index (Phi) is 3.65. The fraction of sp³-hybridized carbons (Fsp3) is 0.200. The predicted molar refractivity (Wildman–Crippen MR) is 54.2 cm³/mol. The van der Waals surface area contributed by atoms with Crippen molar-refractivity contribution >= 4 is 11.7 Å². The third kappa shape index (κ3) is 2.57. The van der Waals surface area contributed by atoms with Crippen LogP contribution in [0.3, 0.4) is 0 Å². The summed E-state index contributed by atoms with van der Waals surface area (Å²) in [6.07, 6.45) is 1.59. The van der Waals surface area contributed by atoms with Gasteiger partial charge >= 0.3 is 5.91 Å². The third-order valence-electron chi connectivity index (χ3n) is 1.58. The van der Waals surface area contributed by atoms with Crippen molar-refractivity contribution < 1.29 is 4.79 Å². The summed E-state index contributed by atoms with van der Waals surface area (Å²) in [6, 6.07) is 3.57. The van der Waals surface area contributed by atoms with Crippen molar-refractivity contribution in [3.05, 3.63) is 23.9 Å². The van der Waals surface area contributed by atoms with E-state index in [2.05, 4.69) is 22.1 Å². The zero-order valence-corrected chi connectivity index (χ0v) is 7.87. The highest BCUT2D eigenvalue weighted by atomic mass is 16.1. The molecule has 1 aromatic rings. The number of nitrogens with one attached hydrogen (secondary N) is 1. The number of hydrogen-bond donors (Lipinski definition) is 2. The van der Waals surface area contributed by atoms with Gasteiger partial charge in [0.2, 0.25) is 0 Å². The van der Waals surface area contributed by atoms with Crippen LogP contribution in [0.5, 0.6) is 0 Å². The van der Waals surface area contributed by atoms with Crippen LogP contribution in [0.2, 0.25) is 0 Å². The van der Waals surface area contributed by atoms with E-state index in [0.29, 0.717) is 12.4 Å². The summed E-state index contributed by atoms with van der Waals surface area (Å²) in [6.45, 7) is 1.94. The first-order valence-electron chi connectivity index (χ1n) is 4.15. The van der Waals surface area contributed by atoms with E-state index in [-0.39, 0.29) is 5.91 Å². The van der Waals surface area contributed by atoms with Crippen LogP contribution in [-0.4, -0.2) is 10.9 Å². The minimum Gasteiger partial charge on any atom is -0.326 e. The second-order valence-corrected chi connectivity index (χ2v) is 2.54. The summed E-state index contributed by atoms with van der Waals surface area (Å²) in [4.78, 5) is 15.1. The Labute approximate surface area is 82.5 Å². The molecule has 1 rings (SSSR count). The Bertz CT molecular complexity index is 390. The van der Waals surface area contributed by atoms with Gasteiger partial charge in [0, 0.05) is 18.3 Å². The van der Waals surface area contributed by atoms with Crippen molar-refractivity contribution in [3.63, 3.8) is 0 Å². The van der Waals surface area contributed by atoms with Crippen LogP contribution in [0.1, 0.15) is 12.5 Å². The maximum atomic E-state index is 11.1. The zero-order chi connectivity index (χ0) is 10.4. The van der Waals surface area contributed by atoms with Crippen molar-refractivity contribution in [1.82, 2.24) is 4.98 Å². The molecule has 72 valence electrons. The molecule has 0 bridgehead atoms. The monoisotopic (exact) mass is 189 g/mol. The molecule has 0 unspecified atom stereocenters. The molecule has 0 saturated carbocycles. The Morgan fingerprint density at radius 1 is 1.71 bits per heavy atom. The number of anilines is 1. The molecule has 0 aliphatic carbocycles. The standard InChI is InChI=1S/C10H11N3O/c1-2-4-9(14)13-10-8(7-11)5-3-6-12-10/h3,5-6H,7,11H2,1H3,(H,12,13,14). The first-order chi connectivity index (χ1) is 6.77. The van der Waals surface area contributed by atoms with Gasteiger partial charge in [-0.3, -0.25) is 10.1 Å². The molecule has 4 nitrogen and oxygen atoms in total. The number of hydrogen-bond acceptors (Lipinski definition) is 3. The van der Waals surface area contributed by atoms with Gasteiger partial charge in [-0.2, -0.15) is 0 Å². The lowest BCUT2D eigenvalue weighted by molar-refractivity contribution is -0.111. The lowest BCUT2D eigenvalue weighted by atomic mass is 10.2. The summed E-state index contributed by atoms with van der Waals surface area (Å²) in [5, 5.41) is 2.56. The molecule has 0 radical (unpaired) electrons. The molecule has 0 aromatic carbocycles. The van der Waals surface area contributed by atoms with Gasteiger partial charge in [-0.25, -0.2) is 4.98 Å². The van der Waals surface area contributed by atoms with Crippen LogP contribution < -0.4 is 11.1 Å². The predicted octanol–water partition coefficient (Wildman–Crippen LogP) is 0.502. The zero-order valence-electron chi connectivity index (χ0n) is 7.87. The molecular formula is C10H11N3O. The molecule has 1 heterocycles. The SMILES string of the molecule is CC#CC(=O)Nc1ncccc1CN. The third-order valence-corrected chi connectivity index (χ3v) is 1.58. The van der Waals surface area contributed by atoms with Crippen LogP contribution in [0.15, 0.2) is 18.3 Å². The van der Waals surface area contributed by atoms with Gasteiger partial charge in [-0.15, -0.1) is 0 Å². The molecule has 0 atom stereocenters. The molecule has 3 N–H and O–H groups in total. The van der Waals surface area contributed by atoms with Crippen LogP contribution in [-0.2, 0) is 11.3 Å². The second kappa shape index (κ2) is 5.00. The van der Waals surface area contributed by atoms with E-state index < -0.39 is 0 Å².